The van der Waals surface area contributed by atoms with Gasteiger partial charge in [-0.15, -0.1) is 17.2 Å². The van der Waals surface area contributed by atoms with E-state index in [9.17, 15) is 0 Å². The molecule has 2 aliphatic carbocycles. The fourth-order valence-corrected chi connectivity index (χ4v) is 5.46. The fourth-order valence-electron chi connectivity index (χ4n) is 5.46. The maximum atomic E-state index is 6.25. The van der Waals surface area contributed by atoms with Crippen LogP contribution in [0.1, 0.15) is 54.3 Å². The molecule has 6 heteroatoms. The Morgan fingerprint density at radius 2 is 1.21 bits per heavy atom. The van der Waals surface area contributed by atoms with Gasteiger partial charge in [-0.1, -0.05) is 133 Å². The molecule has 0 radical (unpaired) electrons. The second-order valence-corrected chi connectivity index (χ2v) is 12.3. The van der Waals surface area contributed by atoms with E-state index in [4.69, 9.17) is 31.4 Å². The number of benzene rings is 4. The lowest BCUT2D eigenvalue weighted by Gasteiger charge is -2.11. The van der Waals surface area contributed by atoms with E-state index in [0.717, 1.165) is 39.0 Å². The Morgan fingerprint density at radius 3 is 1.91 bits per heavy atom. The lowest BCUT2D eigenvalue weighted by atomic mass is 10.0. The van der Waals surface area contributed by atoms with Crippen LogP contribution >= 0.6 is 0 Å². The van der Waals surface area contributed by atoms with Crippen LogP contribution in [0.3, 0.4) is 0 Å². The van der Waals surface area contributed by atoms with Gasteiger partial charge in [0.15, 0.2) is 17.5 Å². The number of nitrogens with zero attached hydrogens (tertiary/aromatic N) is 4. The Morgan fingerprint density at radius 1 is 0.604 bits per heavy atom. The molecule has 0 saturated carbocycles. The molecule has 0 saturated heterocycles. The summed E-state index contributed by atoms with van der Waals surface area (Å²) in [5.74, 6) is 2.21. The summed E-state index contributed by atoms with van der Waals surface area (Å²) < 4.78 is 0. The summed E-state index contributed by atoms with van der Waals surface area (Å²) in [7, 11) is 0. The molecule has 1 aromatic heterocycles. The van der Waals surface area contributed by atoms with E-state index in [2.05, 4.69) is 60.5 Å². The molecule has 2 aliphatic rings. The average Bonchev–Trinajstić information content (AvgIpc) is 3.49. The largest absolute Gasteiger partial charge is 0.383 e. The predicted octanol–water partition coefficient (Wildman–Crippen LogP) is 9.86. The Kier molecular flexibility index (Phi) is 12.1. The van der Waals surface area contributed by atoms with Gasteiger partial charge in [0.1, 0.15) is 5.84 Å². The van der Waals surface area contributed by atoms with E-state index >= 15 is 0 Å². The van der Waals surface area contributed by atoms with Gasteiger partial charge >= 0.3 is 0 Å². The fraction of sp³-hybridized carbons (Fsp3) is 0.0851. The monoisotopic (exact) mass is 688 g/mol. The minimum Gasteiger partial charge on any atom is -0.383 e. The van der Waals surface area contributed by atoms with Crippen LogP contribution in [0.25, 0.3) is 33.7 Å². The first-order chi connectivity index (χ1) is 25.9. The second-order valence-electron chi connectivity index (χ2n) is 12.3. The molecular formula is C47H40N6. The lowest BCUT2D eigenvalue weighted by molar-refractivity contribution is 0.818. The Bertz CT molecular complexity index is 2360. The number of hydrogen-bond donors (Lipinski definition) is 2. The number of hydrogen-bond acceptors (Lipinski definition) is 5. The molecule has 6 nitrogen and oxygen atoms in total. The van der Waals surface area contributed by atoms with Crippen molar-refractivity contribution in [3.8, 4) is 22.5 Å². The standard InChI is InChI=1S/C39H29N5.C8H11N/c1-28(41-36(40)32-14-12-7-13-15-32)29-20-22-30(23-21-29)31-24-26-35(27-25-31)39-43-37(33-16-8-3-2-4-9-17-33)42-38(44-39)34-18-10-5-6-11-19-34;1-7(9)8-5-3-2-4-6-8/h2-5,7-8,10-15,17-28H,1H3,(H2,40,41);2-7H,9H2,1H3/b3-2-;. The zero-order valence-electron chi connectivity index (χ0n) is 29.8. The molecule has 4 N–H and O–H groups in total. The molecule has 5 aromatic rings. The molecule has 2 atom stereocenters. The first-order valence-corrected chi connectivity index (χ1v) is 17.5. The van der Waals surface area contributed by atoms with Crippen molar-refractivity contribution in [1.29, 1.82) is 0 Å². The summed E-state index contributed by atoms with van der Waals surface area (Å²) in [5, 5.41) is 0. The molecule has 0 bridgehead atoms. The number of allylic oxidation sites excluding steroid dienone is 9. The highest BCUT2D eigenvalue weighted by Crippen LogP contribution is 2.27. The second kappa shape index (κ2) is 17.8. The Labute approximate surface area is 311 Å². The molecule has 0 aliphatic heterocycles. The zero-order chi connectivity index (χ0) is 36.8. The third-order valence-corrected chi connectivity index (χ3v) is 8.43. The van der Waals surface area contributed by atoms with Crippen molar-refractivity contribution in [3.05, 3.63) is 215 Å². The van der Waals surface area contributed by atoms with Crippen LogP contribution in [-0.2, 0) is 0 Å². The summed E-state index contributed by atoms with van der Waals surface area (Å²) in [6, 6.07) is 36.7. The van der Waals surface area contributed by atoms with Crippen molar-refractivity contribution in [3.63, 3.8) is 0 Å². The number of rotatable bonds is 8. The van der Waals surface area contributed by atoms with Crippen LogP contribution in [-0.4, -0.2) is 20.8 Å². The summed E-state index contributed by atoms with van der Waals surface area (Å²) in [5.41, 5.74) is 29.2. The van der Waals surface area contributed by atoms with Gasteiger partial charge in [0.25, 0.3) is 0 Å². The molecule has 4 aromatic carbocycles. The topological polar surface area (TPSA) is 103 Å². The summed E-state index contributed by atoms with van der Waals surface area (Å²) in [6.07, 6.45) is 18.8. The van der Waals surface area contributed by atoms with Gasteiger partial charge in [0.05, 0.1) is 11.6 Å². The quantitative estimate of drug-likeness (QED) is 0.0960. The third kappa shape index (κ3) is 9.88. The molecule has 2 unspecified atom stereocenters. The molecule has 0 fully saturated rings. The van der Waals surface area contributed by atoms with Crippen molar-refractivity contribution in [2.24, 2.45) is 16.5 Å². The minimum absolute atomic E-state index is 0.0623. The van der Waals surface area contributed by atoms with Crippen molar-refractivity contribution in [2.45, 2.75) is 25.9 Å². The maximum Gasteiger partial charge on any atom is 0.172 e. The first kappa shape index (κ1) is 35.9. The highest BCUT2D eigenvalue weighted by atomic mass is 15.0. The summed E-state index contributed by atoms with van der Waals surface area (Å²) >= 11 is 0. The van der Waals surface area contributed by atoms with Gasteiger partial charge in [-0.3, -0.25) is 4.99 Å². The van der Waals surface area contributed by atoms with Crippen LogP contribution in [0.2, 0.25) is 0 Å². The number of amidine groups is 1. The average molecular weight is 689 g/mol. The highest BCUT2D eigenvalue weighted by Gasteiger charge is 2.14. The minimum atomic E-state index is -0.0623. The molecule has 0 amide bonds. The SMILES string of the molecule is CC(N)c1ccccc1.CC(N=C(N)c1ccccc1)c1ccc(-c2ccc(-c3nc(C4=C=C/C=C\C=C=C4)nc(C4=CC=C=CC=C4)n3)cc2)cc1. The van der Waals surface area contributed by atoms with Crippen molar-refractivity contribution < 1.29 is 0 Å². The van der Waals surface area contributed by atoms with Crippen molar-refractivity contribution >= 4 is 17.0 Å². The van der Waals surface area contributed by atoms with E-state index in [1.54, 1.807) is 0 Å². The zero-order valence-corrected chi connectivity index (χ0v) is 29.8. The van der Waals surface area contributed by atoms with Crippen molar-refractivity contribution in [1.82, 2.24) is 15.0 Å². The summed E-state index contributed by atoms with van der Waals surface area (Å²) in [4.78, 5) is 19.2. The van der Waals surface area contributed by atoms with Crippen LogP contribution < -0.4 is 11.5 Å². The number of aliphatic imine (C=N–C) groups is 1. The van der Waals surface area contributed by atoms with E-state index in [-0.39, 0.29) is 12.1 Å². The highest BCUT2D eigenvalue weighted by molar-refractivity contribution is 5.97. The van der Waals surface area contributed by atoms with E-state index in [0.29, 0.717) is 23.3 Å². The van der Waals surface area contributed by atoms with E-state index < -0.39 is 0 Å². The van der Waals surface area contributed by atoms with Crippen LogP contribution in [0.15, 0.2) is 192 Å². The van der Waals surface area contributed by atoms with E-state index in [1.165, 1.54) is 5.56 Å². The maximum absolute atomic E-state index is 6.25. The molecule has 7 rings (SSSR count). The molecule has 53 heavy (non-hydrogen) atoms. The molecular weight excluding hydrogens is 649 g/mol. The predicted molar refractivity (Wildman–Crippen MR) is 218 cm³/mol. The van der Waals surface area contributed by atoms with Crippen LogP contribution in [0, 0.1) is 0 Å². The van der Waals surface area contributed by atoms with Gasteiger partial charge in [0, 0.05) is 22.7 Å². The normalized spacial score (nSPS) is 14.9. The number of aromatic nitrogens is 3. The summed E-state index contributed by atoms with van der Waals surface area (Å²) in [6.45, 7) is 4.03. The van der Waals surface area contributed by atoms with Crippen LogP contribution in [0.4, 0.5) is 0 Å². The third-order valence-electron chi connectivity index (χ3n) is 8.43. The van der Waals surface area contributed by atoms with Gasteiger partial charge in [0.2, 0.25) is 0 Å². The number of nitrogens with two attached hydrogens (primary N) is 2. The smallest absolute Gasteiger partial charge is 0.172 e. The van der Waals surface area contributed by atoms with Gasteiger partial charge in [-0.2, -0.15) is 0 Å². The Hall–Kier alpha value is -6.90. The van der Waals surface area contributed by atoms with Crippen LogP contribution in [0.5, 0.6) is 0 Å². The van der Waals surface area contributed by atoms with Gasteiger partial charge in [-0.05, 0) is 72.6 Å². The van der Waals surface area contributed by atoms with Gasteiger partial charge < -0.3 is 11.5 Å². The first-order valence-electron chi connectivity index (χ1n) is 17.5. The van der Waals surface area contributed by atoms with Crippen molar-refractivity contribution in [2.75, 3.05) is 0 Å². The lowest BCUT2D eigenvalue weighted by Crippen LogP contribution is -2.14. The molecule has 258 valence electrons. The molecule has 1 heterocycles. The van der Waals surface area contributed by atoms with E-state index in [1.807, 2.05) is 140 Å². The Balaban J connectivity index is 0.000000468. The van der Waals surface area contributed by atoms with Gasteiger partial charge in [-0.25, -0.2) is 15.0 Å². The molecule has 0 spiro atoms.